The molecule has 0 unspecified atom stereocenters. The third kappa shape index (κ3) is 4.39. The Morgan fingerprint density at radius 3 is 2.03 bits per heavy atom. The summed E-state index contributed by atoms with van der Waals surface area (Å²) in [6, 6.07) is 13.1. The highest BCUT2D eigenvalue weighted by Crippen LogP contribution is 2.34. The van der Waals surface area contributed by atoms with Crippen LogP contribution in [0, 0.1) is 5.82 Å². The molecule has 10 nitrogen and oxygen atoms in total. The quantitative estimate of drug-likeness (QED) is 0.295. The van der Waals surface area contributed by atoms with Crippen molar-refractivity contribution in [2.45, 2.75) is 6.54 Å². The summed E-state index contributed by atoms with van der Waals surface area (Å²) in [7, 11) is 2.78. The molecule has 11 heteroatoms. The minimum atomic E-state index is -0.984. The van der Waals surface area contributed by atoms with Gasteiger partial charge in [0.05, 0.1) is 37.6 Å². The molecule has 0 radical (unpaired) electrons. The fourth-order valence-corrected chi connectivity index (χ4v) is 4.42. The van der Waals surface area contributed by atoms with E-state index >= 15 is 0 Å². The molecule has 1 saturated heterocycles. The van der Waals surface area contributed by atoms with E-state index in [9.17, 15) is 28.4 Å². The second kappa shape index (κ2) is 9.86. The zero-order valence-electron chi connectivity index (χ0n) is 20.7. The molecular weight excluding hydrogens is 509 g/mol. The van der Waals surface area contributed by atoms with Gasteiger partial charge in [0, 0.05) is 17.2 Å². The second-order valence-electron chi connectivity index (χ2n) is 8.58. The van der Waals surface area contributed by atoms with Gasteiger partial charge in [-0.05, 0) is 48.5 Å². The van der Waals surface area contributed by atoms with Gasteiger partial charge in [-0.3, -0.25) is 29.4 Å². The normalized spacial score (nSPS) is 16.1. The summed E-state index contributed by atoms with van der Waals surface area (Å²) < 4.78 is 24.3. The van der Waals surface area contributed by atoms with Crippen LogP contribution in [0.25, 0.3) is 6.08 Å². The van der Waals surface area contributed by atoms with Crippen LogP contribution in [-0.4, -0.2) is 48.8 Å². The molecule has 5 rings (SSSR count). The zero-order valence-corrected chi connectivity index (χ0v) is 20.7. The van der Waals surface area contributed by atoms with Crippen molar-refractivity contribution in [2.24, 2.45) is 0 Å². The number of amides is 6. The zero-order chi connectivity index (χ0) is 27.8. The Balaban J connectivity index is 1.54. The van der Waals surface area contributed by atoms with E-state index in [1.807, 2.05) is 0 Å². The lowest BCUT2D eigenvalue weighted by molar-refractivity contribution is -0.122. The van der Waals surface area contributed by atoms with Crippen LogP contribution in [0.2, 0.25) is 0 Å². The molecule has 2 aliphatic rings. The number of fused-ring (bicyclic) bond motifs is 1. The molecule has 3 aromatic carbocycles. The largest absolute Gasteiger partial charge is 0.496 e. The van der Waals surface area contributed by atoms with E-state index in [2.05, 4.69) is 5.32 Å². The van der Waals surface area contributed by atoms with E-state index in [1.54, 1.807) is 24.3 Å². The third-order valence-electron chi connectivity index (χ3n) is 6.33. The van der Waals surface area contributed by atoms with Crippen molar-refractivity contribution >= 4 is 41.4 Å². The van der Waals surface area contributed by atoms with Crippen molar-refractivity contribution in [3.8, 4) is 11.5 Å². The van der Waals surface area contributed by atoms with Crippen LogP contribution in [0.3, 0.4) is 0 Å². The van der Waals surface area contributed by atoms with Crippen LogP contribution in [-0.2, 0) is 16.1 Å². The number of carbonyl (C=O) groups excluding carboxylic acids is 5. The van der Waals surface area contributed by atoms with Crippen molar-refractivity contribution in [2.75, 3.05) is 19.1 Å². The molecule has 2 aliphatic heterocycles. The summed E-state index contributed by atoms with van der Waals surface area (Å²) in [6.45, 7) is -0.157. The summed E-state index contributed by atoms with van der Waals surface area (Å²) in [5, 5.41) is 2.10. The first kappa shape index (κ1) is 25.3. The van der Waals surface area contributed by atoms with Gasteiger partial charge in [-0.25, -0.2) is 14.1 Å². The number of halogens is 1. The smallest absolute Gasteiger partial charge is 0.335 e. The van der Waals surface area contributed by atoms with Gasteiger partial charge < -0.3 is 9.47 Å². The summed E-state index contributed by atoms with van der Waals surface area (Å²) in [4.78, 5) is 66.0. The van der Waals surface area contributed by atoms with Crippen LogP contribution >= 0.6 is 0 Å². The van der Waals surface area contributed by atoms with E-state index < -0.39 is 41.1 Å². The standard InChI is InChI=1S/C28H20FN3O7/c1-38-22-13-23(39-2)16(14-31-25(34)19-5-3-4-6-20(19)26(31)35)11-15(22)12-21-24(33)30-28(37)32(27(21)36)18-9-7-17(29)8-10-18/h3-13H,14H2,1-2H3,(H,30,33,37). The molecule has 0 aliphatic carbocycles. The van der Waals surface area contributed by atoms with Gasteiger partial charge in [-0.15, -0.1) is 0 Å². The van der Waals surface area contributed by atoms with Gasteiger partial charge in [0.15, 0.2) is 0 Å². The van der Waals surface area contributed by atoms with E-state index in [4.69, 9.17) is 9.47 Å². The third-order valence-corrected chi connectivity index (χ3v) is 6.33. The molecular formula is C28H20FN3O7. The number of urea groups is 1. The molecule has 3 aromatic rings. The number of nitrogens with one attached hydrogen (secondary N) is 1. The van der Waals surface area contributed by atoms with Crippen molar-refractivity contribution in [1.82, 2.24) is 10.2 Å². The first-order valence-electron chi connectivity index (χ1n) is 11.6. The number of barbiturate groups is 1. The maximum Gasteiger partial charge on any atom is 0.335 e. The van der Waals surface area contributed by atoms with E-state index in [-0.39, 0.29) is 34.7 Å². The fourth-order valence-electron chi connectivity index (χ4n) is 4.42. The van der Waals surface area contributed by atoms with Crippen molar-refractivity contribution < 1.29 is 37.8 Å². The highest BCUT2D eigenvalue weighted by Gasteiger charge is 2.38. The first-order chi connectivity index (χ1) is 18.7. The maximum absolute atomic E-state index is 13.4. The number of nitrogens with zero attached hydrogens (tertiary/aromatic N) is 2. The molecule has 1 fully saturated rings. The number of carbonyl (C=O) groups is 5. The number of imide groups is 3. The molecule has 2 heterocycles. The number of rotatable bonds is 6. The maximum atomic E-state index is 13.4. The SMILES string of the molecule is COc1cc(OC)c(CN2C(=O)c3ccccc3C2=O)cc1C=C1C(=O)NC(=O)N(c2ccc(F)cc2)C1=O. The minimum Gasteiger partial charge on any atom is -0.496 e. The van der Waals surface area contributed by atoms with Gasteiger partial charge in [0.25, 0.3) is 23.6 Å². The number of anilines is 1. The Morgan fingerprint density at radius 2 is 1.44 bits per heavy atom. The molecule has 196 valence electrons. The number of ether oxygens (including phenoxy) is 2. The molecule has 0 spiro atoms. The van der Waals surface area contributed by atoms with E-state index in [1.165, 1.54) is 44.6 Å². The van der Waals surface area contributed by atoms with Crippen LogP contribution in [0.15, 0.2) is 66.2 Å². The van der Waals surface area contributed by atoms with Gasteiger partial charge in [0.1, 0.15) is 22.9 Å². The van der Waals surface area contributed by atoms with Crippen molar-refractivity contribution in [3.05, 3.63) is 94.3 Å². The van der Waals surface area contributed by atoms with Gasteiger partial charge in [-0.1, -0.05) is 12.1 Å². The lowest BCUT2D eigenvalue weighted by Crippen LogP contribution is -2.54. The number of benzene rings is 3. The molecule has 1 N–H and O–H groups in total. The van der Waals surface area contributed by atoms with Crippen LogP contribution in [0.5, 0.6) is 11.5 Å². The molecule has 6 amide bonds. The Bertz CT molecular complexity index is 1560. The van der Waals surface area contributed by atoms with Gasteiger partial charge in [-0.2, -0.15) is 0 Å². The number of methoxy groups -OCH3 is 2. The summed E-state index contributed by atoms with van der Waals surface area (Å²) in [5.74, 6) is -2.86. The van der Waals surface area contributed by atoms with Crippen LogP contribution < -0.4 is 19.7 Å². The summed E-state index contributed by atoms with van der Waals surface area (Å²) in [6.07, 6.45) is 1.23. The predicted molar refractivity (Wildman–Crippen MR) is 136 cm³/mol. The van der Waals surface area contributed by atoms with Crippen molar-refractivity contribution in [3.63, 3.8) is 0 Å². The Kier molecular flexibility index (Phi) is 6.40. The highest BCUT2D eigenvalue weighted by molar-refractivity contribution is 6.39. The first-order valence-corrected chi connectivity index (χ1v) is 11.6. The Labute approximate surface area is 221 Å². The molecule has 0 bridgehead atoms. The average molecular weight is 529 g/mol. The lowest BCUT2D eigenvalue weighted by Gasteiger charge is -2.26. The van der Waals surface area contributed by atoms with E-state index in [0.29, 0.717) is 16.2 Å². The second-order valence-corrected chi connectivity index (χ2v) is 8.58. The average Bonchev–Trinajstić information content (AvgIpc) is 3.17. The van der Waals surface area contributed by atoms with Crippen LogP contribution in [0.4, 0.5) is 14.9 Å². The number of hydrogen-bond acceptors (Lipinski definition) is 7. The predicted octanol–water partition coefficient (Wildman–Crippen LogP) is 3.31. The fraction of sp³-hybridized carbons (Fsp3) is 0.107. The van der Waals surface area contributed by atoms with Gasteiger partial charge in [0.2, 0.25) is 0 Å². The van der Waals surface area contributed by atoms with Crippen LogP contribution in [0.1, 0.15) is 31.8 Å². The van der Waals surface area contributed by atoms with E-state index in [0.717, 1.165) is 17.0 Å². The molecule has 39 heavy (non-hydrogen) atoms. The molecule has 0 aromatic heterocycles. The molecule has 0 saturated carbocycles. The van der Waals surface area contributed by atoms with Crippen molar-refractivity contribution in [1.29, 1.82) is 0 Å². The Hall–Kier alpha value is -5.32. The monoisotopic (exact) mass is 529 g/mol. The number of hydrogen-bond donors (Lipinski definition) is 1. The summed E-state index contributed by atoms with van der Waals surface area (Å²) in [5.41, 5.74) is 0.880. The minimum absolute atomic E-state index is 0.0605. The Morgan fingerprint density at radius 1 is 0.821 bits per heavy atom. The summed E-state index contributed by atoms with van der Waals surface area (Å²) >= 11 is 0. The highest BCUT2D eigenvalue weighted by atomic mass is 19.1. The van der Waals surface area contributed by atoms with Gasteiger partial charge >= 0.3 is 6.03 Å². The lowest BCUT2D eigenvalue weighted by atomic mass is 10.0. The topological polar surface area (TPSA) is 122 Å². The molecule has 0 atom stereocenters.